The molecule has 3 rings (SSSR count). The first-order chi connectivity index (χ1) is 12.0. The summed E-state index contributed by atoms with van der Waals surface area (Å²) >= 11 is 0. The summed E-state index contributed by atoms with van der Waals surface area (Å²) in [6, 6.07) is 3.67. The van der Waals surface area contributed by atoms with E-state index in [-0.39, 0.29) is 12.6 Å². The number of aromatic nitrogens is 1. The first-order valence-electron chi connectivity index (χ1n) is 8.71. The summed E-state index contributed by atoms with van der Waals surface area (Å²) in [5.74, 6) is 0.929. The second kappa shape index (κ2) is 7.95. The number of carbonyl (C=O) groups is 1. The van der Waals surface area contributed by atoms with Crippen LogP contribution < -0.4 is 10.2 Å². The number of hydrogen-bond acceptors (Lipinski definition) is 4. The zero-order valence-corrected chi connectivity index (χ0v) is 14.4. The number of amides is 2. The molecule has 0 unspecified atom stereocenters. The molecule has 0 bridgehead atoms. The monoisotopic (exact) mass is 354 g/mol. The highest BCUT2D eigenvalue weighted by Crippen LogP contribution is 2.23. The third kappa shape index (κ3) is 4.56. The zero-order chi connectivity index (χ0) is 17.8. The quantitative estimate of drug-likeness (QED) is 0.883. The smallest absolute Gasteiger partial charge is 0.345 e. The Balaban J connectivity index is 1.57. The molecule has 2 saturated heterocycles. The molecular weight excluding hydrogens is 330 g/mol. The standard InChI is InChI=1S/C17H24F2N4O2/c1-12-4-5-13(15(21-12)22-7-2-3-8-22)10-20-17(24)23-9-6-14(11-23)25-16(18)19/h4-5,14,16H,2-3,6-11H2,1H3,(H,20,24)/t14-/m0/s1. The lowest BCUT2D eigenvalue weighted by atomic mass is 10.2. The van der Waals surface area contributed by atoms with E-state index in [2.05, 4.69) is 19.9 Å². The highest BCUT2D eigenvalue weighted by atomic mass is 19.3. The van der Waals surface area contributed by atoms with Gasteiger partial charge in [-0.15, -0.1) is 0 Å². The van der Waals surface area contributed by atoms with Crippen LogP contribution in [0, 0.1) is 6.92 Å². The molecule has 0 aromatic carbocycles. The largest absolute Gasteiger partial charge is 0.356 e. The molecule has 1 aromatic rings. The molecule has 138 valence electrons. The van der Waals surface area contributed by atoms with Crippen LogP contribution in [0.3, 0.4) is 0 Å². The number of rotatable bonds is 5. The Labute approximate surface area is 146 Å². The SMILES string of the molecule is Cc1ccc(CNC(=O)N2CC[C@H](OC(F)F)C2)c(N2CCCC2)n1. The summed E-state index contributed by atoms with van der Waals surface area (Å²) in [6.45, 7) is 2.11. The van der Waals surface area contributed by atoms with Crippen LogP contribution in [0.5, 0.6) is 0 Å². The van der Waals surface area contributed by atoms with Gasteiger partial charge < -0.3 is 19.9 Å². The Morgan fingerprint density at radius 1 is 1.36 bits per heavy atom. The van der Waals surface area contributed by atoms with Crippen LogP contribution in [0.4, 0.5) is 19.4 Å². The van der Waals surface area contributed by atoms with Gasteiger partial charge in [0.2, 0.25) is 0 Å². The molecule has 2 amide bonds. The van der Waals surface area contributed by atoms with Gasteiger partial charge in [-0.2, -0.15) is 8.78 Å². The molecule has 25 heavy (non-hydrogen) atoms. The van der Waals surface area contributed by atoms with Crippen LogP contribution in [0.15, 0.2) is 12.1 Å². The van der Waals surface area contributed by atoms with E-state index in [0.29, 0.717) is 19.5 Å². The molecule has 1 N–H and O–H groups in total. The van der Waals surface area contributed by atoms with Gasteiger partial charge in [-0.05, 0) is 32.3 Å². The fraction of sp³-hybridized carbons (Fsp3) is 0.647. The number of nitrogens with zero attached hydrogens (tertiary/aromatic N) is 3. The van der Waals surface area contributed by atoms with E-state index in [1.807, 2.05) is 19.1 Å². The number of urea groups is 1. The average molecular weight is 354 g/mol. The van der Waals surface area contributed by atoms with E-state index in [1.54, 1.807) is 0 Å². The topological polar surface area (TPSA) is 57.7 Å². The normalized spacial score (nSPS) is 20.6. The van der Waals surface area contributed by atoms with Gasteiger partial charge in [-0.25, -0.2) is 9.78 Å². The molecule has 2 aliphatic heterocycles. The van der Waals surface area contributed by atoms with Crippen molar-refractivity contribution in [1.29, 1.82) is 0 Å². The van der Waals surface area contributed by atoms with E-state index >= 15 is 0 Å². The summed E-state index contributed by atoms with van der Waals surface area (Å²) in [6.07, 6.45) is 2.15. The molecule has 0 spiro atoms. The van der Waals surface area contributed by atoms with Crippen molar-refractivity contribution in [3.05, 3.63) is 23.4 Å². The van der Waals surface area contributed by atoms with Crippen LogP contribution in [0.25, 0.3) is 0 Å². The lowest BCUT2D eigenvalue weighted by Crippen LogP contribution is -2.39. The van der Waals surface area contributed by atoms with Gasteiger partial charge in [0.15, 0.2) is 0 Å². The Morgan fingerprint density at radius 2 is 2.12 bits per heavy atom. The minimum Gasteiger partial charge on any atom is -0.356 e. The maximum Gasteiger partial charge on any atom is 0.345 e. The number of hydrogen-bond donors (Lipinski definition) is 1. The Hall–Kier alpha value is -1.96. The minimum absolute atomic E-state index is 0.196. The van der Waals surface area contributed by atoms with Gasteiger partial charge in [0.1, 0.15) is 5.82 Å². The molecule has 2 fully saturated rings. The lowest BCUT2D eigenvalue weighted by molar-refractivity contribution is -0.158. The van der Waals surface area contributed by atoms with Crippen molar-refractivity contribution in [3.63, 3.8) is 0 Å². The van der Waals surface area contributed by atoms with E-state index in [1.165, 1.54) is 4.90 Å². The minimum atomic E-state index is -2.80. The van der Waals surface area contributed by atoms with Crippen molar-refractivity contribution in [3.8, 4) is 0 Å². The Morgan fingerprint density at radius 3 is 2.84 bits per heavy atom. The number of halogens is 2. The van der Waals surface area contributed by atoms with E-state index in [0.717, 1.165) is 43.0 Å². The van der Waals surface area contributed by atoms with Gasteiger partial charge in [0.25, 0.3) is 0 Å². The predicted octanol–water partition coefficient (Wildman–Crippen LogP) is 2.51. The third-order valence-corrected chi connectivity index (χ3v) is 4.66. The fourth-order valence-corrected chi connectivity index (χ4v) is 3.36. The fourth-order valence-electron chi connectivity index (χ4n) is 3.36. The highest BCUT2D eigenvalue weighted by Gasteiger charge is 2.29. The predicted molar refractivity (Wildman–Crippen MR) is 89.7 cm³/mol. The summed E-state index contributed by atoms with van der Waals surface area (Å²) in [7, 11) is 0. The van der Waals surface area contributed by atoms with E-state index < -0.39 is 12.7 Å². The van der Waals surface area contributed by atoms with Gasteiger partial charge in [0.05, 0.1) is 6.10 Å². The van der Waals surface area contributed by atoms with Gasteiger partial charge in [-0.3, -0.25) is 0 Å². The van der Waals surface area contributed by atoms with Crippen LogP contribution in [-0.2, 0) is 11.3 Å². The molecule has 6 nitrogen and oxygen atoms in total. The van der Waals surface area contributed by atoms with Crippen molar-refractivity contribution >= 4 is 11.8 Å². The number of ether oxygens (including phenoxy) is 1. The average Bonchev–Trinajstić information content (AvgIpc) is 3.24. The first kappa shape index (κ1) is 17.8. The van der Waals surface area contributed by atoms with Crippen molar-refractivity contribution < 1.29 is 18.3 Å². The summed E-state index contributed by atoms with van der Waals surface area (Å²) < 4.78 is 29.0. The summed E-state index contributed by atoms with van der Waals surface area (Å²) in [4.78, 5) is 20.7. The highest BCUT2D eigenvalue weighted by molar-refractivity contribution is 5.74. The van der Waals surface area contributed by atoms with E-state index in [9.17, 15) is 13.6 Å². The third-order valence-electron chi connectivity index (χ3n) is 4.66. The van der Waals surface area contributed by atoms with Crippen LogP contribution in [0.2, 0.25) is 0 Å². The molecule has 3 heterocycles. The van der Waals surface area contributed by atoms with Crippen molar-refractivity contribution in [2.75, 3.05) is 31.1 Å². The number of anilines is 1. The number of alkyl halides is 2. The molecule has 2 aliphatic rings. The molecular formula is C17H24F2N4O2. The van der Waals surface area contributed by atoms with Gasteiger partial charge in [0, 0.05) is 44.0 Å². The van der Waals surface area contributed by atoms with Crippen LogP contribution >= 0.6 is 0 Å². The molecule has 8 heteroatoms. The number of aryl methyl sites for hydroxylation is 1. The number of pyridine rings is 1. The van der Waals surface area contributed by atoms with Crippen molar-refractivity contribution in [1.82, 2.24) is 15.2 Å². The zero-order valence-electron chi connectivity index (χ0n) is 14.4. The van der Waals surface area contributed by atoms with Crippen LogP contribution in [0.1, 0.15) is 30.5 Å². The van der Waals surface area contributed by atoms with Crippen molar-refractivity contribution in [2.45, 2.75) is 45.4 Å². The van der Waals surface area contributed by atoms with E-state index in [4.69, 9.17) is 0 Å². The Bertz CT molecular complexity index is 608. The second-order valence-corrected chi connectivity index (χ2v) is 6.54. The number of carbonyl (C=O) groups excluding carboxylic acids is 1. The molecule has 0 aliphatic carbocycles. The molecule has 0 radical (unpaired) electrons. The lowest BCUT2D eigenvalue weighted by Gasteiger charge is -2.22. The maximum atomic E-state index is 12.3. The summed E-state index contributed by atoms with van der Waals surface area (Å²) in [5, 5.41) is 2.88. The first-order valence-corrected chi connectivity index (χ1v) is 8.71. The van der Waals surface area contributed by atoms with Crippen molar-refractivity contribution in [2.24, 2.45) is 0 Å². The maximum absolute atomic E-state index is 12.3. The summed E-state index contributed by atoms with van der Waals surface area (Å²) in [5.41, 5.74) is 1.92. The van der Waals surface area contributed by atoms with Gasteiger partial charge >= 0.3 is 12.6 Å². The second-order valence-electron chi connectivity index (χ2n) is 6.54. The molecule has 1 aromatic heterocycles. The van der Waals surface area contributed by atoms with Gasteiger partial charge in [-0.1, -0.05) is 6.07 Å². The molecule has 1 atom stereocenters. The molecule has 0 saturated carbocycles. The number of likely N-dealkylation sites (tertiary alicyclic amines) is 1. The number of nitrogens with one attached hydrogen (secondary N) is 1. The van der Waals surface area contributed by atoms with Crippen LogP contribution in [-0.4, -0.2) is 54.8 Å². The Kier molecular flexibility index (Phi) is 5.67.